The average molecular weight is 253 g/mol. The van der Waals surface area contributed by atoms with Crippen LogP contribution in [-0.2, 0) is 11.3 Å². The van der Waals surface area contributed by atoms with Crippen molar-refractivity contribution in [2.45, 2.75) is 13.5 Å². The van der Waals surface area contributed by atoms with Crippen molar-refractivity contribution in [3.8, 4) is 17.0 Å². The summed E-state index contributed by atoms with van der Waals surface area (Å²) in [6.45, 7) is 1.67. The summed E-state index contributed by atoms with van der Waals surface area (Å²) >= 11 is 1.29. The van der Waals surface area contributed by atoms with Crippen LogP contribution < -0.4 is 4.74 Å². The van der Waals surface area contributed by atoms with Crippen molar-refractivity contribution >= 4 is 17.5 Å². The molecule has 7 heteroatoms. The highest BCUT2D eigenvalue weighted by atomic mass is 32.1. The molecular weight excluding hydrogens is 242 g/mol. The molecule has 0 bridgehead atoms. The third kappa shape index (κ3) is 2.14. The van der Waals surface area contributed by atoms with Crippen molar-refractivity contribution in [3.63, 3.8) is 0 Å². The van der Waals surface area contributed by atoms with Gasteiger partial charge in [0.05, 0.1) is 18.9 Å². The molecule has 90 valence electrons. The lowest BCUT2D eigenvalue weighted by atomic mass is 10.1. The summed E-state index contributed by atoms with van der Waals surface area (Å²) in [5.41, 5.74) is 2.47. The van der Waals surface area contributed by atoms with Crippen LogP contribution in [-0.4, -0.2) is 32.3 Å². The zero-order chi connectivity index (χ0) is 12.4. The first-order valence-electron chi connectivity index (χ1n) is 4.86. The molecule has 0 amide bonds. The molecule has 0 unspecified atom stereocenters. The van der Waals surface area contributed by atoms with Crippen LogP contribution in [0.3, 0.4) is 0 Å². The first-order chi connectivity index (χ1) is 8.13. The maximum Gasteiger partial charge on any atom is 0.325 e. The minimum Gasteiger partial charge on any atom is -0.480 e. The molecule has 0 fully saturated rings. The summed E-state index contributed by atoms with van der Waals surface area (Å²) in [6.07, 6.45) is 1.63. The molecule has 2 heterocycles. The van der Waals surface area contributed by atoms with E-state index >= 15 is 0 Å². The fourth-order valence-electron chi connectivity index (χ4n) is 1.55. The Morgan fingerprint density at radius 3 is 3.00 bits per heavy atom. The molecule has 0 atom stereocenters. The number of rotatable bonds is 4. The van der Waals surface area contributed by atoms with E-state index < -0.39 is 5.97 Å². The third-order valence-electron chi connectivity index (χ3n) is 2.41. The zero-order valence-corrected chi connectivity index (χ0v) is 10.2. The molecule has 17 heavy (non-hydrogen) atoms. The third-order valence-corrected chi connectivity index (χ3v) is 3.02. The Morgan fingerprint density at radius 1 is 1.59 bits per heavy atom. The molecular formula is C10H11N3O3S. The Kier molecular flexibility index (Phi) is 3.10. The van der Waals surface area contributed by atoms with E-state index in [2.05, 4.69) is 9.47 Å². The van der Waals surface area contributed by atoms with Crippen molar-refractivity contribution in [2.75, 3.05) is 7.11 Å². The summed E-state index contributed by atoms with van der Waals surface area (Å²) in [7, 11) is 1.55. The van der Waals surface area contributed by atoms with Gasteiger partial charge in [-0.2, -0.15) is 9.47 Å². The summed E-state index contributed by atoms with van der Waals surface area (Å²) in [6, 6.07) is 0. The molecule has 0 radical (unpaired) electrons. The van der Waals surface area contributed by atoms with Crippen LogP contribution in [0.4, 0.5) is 0 Å². The van der Waals surface area contributed by atoms with Gasteiger partial charge in [0.1, 0.15) is 6.54 Å². The van der Waals surface area contributed by atoms with Gasteiger partial charge in [-0.25, -0.2) is 0 Å². The molecule has 2 aromatic heterocycles. The van der Waals surface area contributed by atoms with Crippen molar-refractivity contribution < 1.29 is 14.6 Å². The number of aliphatic carboxylic acids is 1. The Bertz CT molecular complexity index is 547. The summed E-state index contributed by atoms with van der Waals surface area (Å²) in [5, 5.41) is 14.6. The van der Waals surface area contributed by atoms with Crippen LogP contribution in [0.5, 0.6) is 5.88 Å². The van der Waals surface area contributed by atoms with Gasteiger partial charge in [-0.1, -0.05) is 0 Å². The van der Waals surface area contributed by atoms with Gasteiger partial charge in [-0.05, 0) is 18.5 Å². The SMILES string of the molecule is COc1nscc1-c1cnn(CC(=O)O)c1C. The summed E-state index contributed by atoms with van der Waals surface area (Å²) in [4.78, 5) is 10.6. The van der Waals surface area contributed by atoms with Crippen LogP contribution in [0, 0.1) is 6.92 Å². The highest BCUT2D eigenvalue weighted by molar-refractivity contribution is 7.04. The van der Waals surface area contributed by atoms with Crippen molar-refractivity contribution in [1.29, 1.82) is 0 Å². The molecule has 0 saturated carbocycles. The van der Waals surface area contributed by atoms with Crippen LogP contribution >= 0.6 is 11.5 Å². The number of hydrogen-bond donors (Lipinski definition) is 1. The highest BCUT2D eigenvalue weighted by Crippen LogP contribution is 2.32. The number of hydrogen-bond acceptors (Lipinski definition) is 5. The van der Waals surface area contributed by atoms with Gasteiger partial charge >= 0.3 is 5.97 Å². The Labute approximate surface area is 102 Å². The fraction of sp³-hybridized carbons (Fsp3) is 0.300. The van der Waals surface area contributed by atoms with Crippen LogP contribution in [0.15, 0.2) is 11.6 Å². The number of ether oxygens (including phenoxy) is 1. The number of nitrogens with zero attached hydrogens (tertiary/aromatic N) is 3. The maximum atomic E-state index is 10.6. The van der Waals surface area contributed by atoms with E-state index in [1.807, 2.05) is 12.3 Å². The van der Waals surface area contributed by atoms with E-state index in [0.717, 1.165) is 16.8 Å². The first kappa shape index (κ1) is 11.6. The second-order valence-electron chi connectivity index (χ2n) is 3.43. The van der Waals surface area contributed by atoms with Crippen molar-refractivity contribution in [2.24, 2.45) is 0 Å². The Hall–Kier alpha value is -1.89. The number of carboxylic acid groups (broad SMARTS) is 1. The van der Waals surface area contributed by atoms with E-state index in [0.29, 0.717) is 5.88 Å². The number of carbonyl (C=O) groups is 1. The predicted octanol–water partition coefficient (Wildman–Crippen LogP) is 1.41. The van der Waals surface area contributed by atoms with E-state index in [4.69, 9.17) is 9.84 Å². The largest absolute Gasteiger partial charge is 0.480 e. The van der Waals surface area contributed by atoms with Gasteiger partial charge in [-0.15, -0.1) is 0 Å². The molecule has 0 saturated heterocycles. The lowest BCUT2D eigenvalue weighted by molar-refractivity contribution is -0.137. The van der Waals surface area contributed by atoms with Crippen LogP contribution in [0.2, 0.25) is 0 Å². The smallest absolute Gasteiger partial charge is 0.325 e. The number of carboxylic acids is 1. The van der Waals surface area contributed by atoms with Gasteiger partial charge in [0.15, 0.2) is 0 Å². The Balaban J connectivity index is 2.40. The summed E-state index contributed by atoms with van der Waals surface area (Å²) in [5.74, 6) is -0.383. The molecule has 2 rings (SSSR count). The highest BCUT2D eigenvalue weighted by Gasteiger charge is 2.15. The minimum absolute atomic E-state index is 0.147. The fourth-order valence-corrected chi connectivity index (χ4v) is 2.21. The second-order valence-corrected chi connectivity index (χ2v) is 4.06. The quantitative estimate of drug-likeness (QED) is 0.891. The summed E-state index contributed by atoms with van der Waals surface area (Å²) < 4.78 is 10.7. The van der Waals surface area contributed by atoms with Gasteiger partial charge in [-0.3, -0.25) is 9.48 Å². The predicted molar refractivity (Wildman–Crippen MR) is 62.3 cm³/mol. The van der Waals surface area contributed by atoms with E-state index in [1.54, 1.807) is 13.3 Å². The van der Waals surface area contributed by atoms with Gasteiger partial charge < -0.3 is 9.84 Å². The van der Waals surface area contributed by atoms with Gasteiger partial charge in [0.2, 0.25) is 5.88 Å². The topological polar surface area (TPSA) is 77.2 Å². The van der Waals surface area contributed by atoms with Crippen molar-refractivity contribution in [3.05, 3.63) is 17.3 Å². The van der Waals surface area contributed by atoms with Crippen LogP contribution in [0.1, 0.15) is 5.69 Å². The monoisotopic (exact) mass is 253 g/mol. The molecule has 0 aliphatic carbocycles. The molecule has 0 aliphatic heterocycles. The van der Waals surface area contributed by atoms with E-state index in [-0.39, 0.29) is 6.54 Å². The standard InChI is InChI=1S/C10H11N3O3S/c1-6-7(3-11-13(6)4-9(14)15)8-5-17-12-10(8)16-2/h3,5H,4H2,1-2H3,(H,14,15). The lowest BCUT2D eigenvalue weighted by Crippen LogP contribution is -2.11. The van der Waals surface area contributed by atoms with E-state index in [9.17, 15) is 4.79 Å². The number of methoxy groups -OCH3 is 1. The van der Waals surface area contributed by atoms with Crippen molar-refractivity contribution in [1.82, 2.24) is 14.2 Å². The maximum absolute atomic E-state index is 10.6. The molecule has 0 aromatic carbocycles. The normalized spacial score (nSPS) is 10.5. The van der Waals surface area contributed by atoms with Gasteiger partial charge in [0, 0.05) is 16.6 Å². The first-order valence-corrected chi connectivity index (χ1v) is 5.70. The lowest BCUT2D eigenvalue weighted by Gasteiger charge is -2.02. The van der Waals surface area contributed by atoms with Crippen LogP contribution in [0.25, 0.3) is 11.1 Å². The second kappa shape index (κ2) is 4.54. The molecule has 0 aliphatic rings. The zero-order valence-electron chi connectivity index (χ0n) is 9.38. The Morgan fingerprint density at radius 2 is 2.35 bits per heavy atom. The molecule has 0 spiro atoms. The average Bonchev–Trinajstić information content (AvgIpc) is 2.86. The molecule has 2 aromatic rings. The van der Waals surface area contributed by atoms with E-state index in [1.165, 1.54) is 16.2 Å². The number of aromatic nitrogens is 3. The molecule has 6 nitrogen and oxygen atoms in total. The minimum atomic E-state index is -0.918. The van der Waals surface area contributed by atoms with Gasteiger partial charge in [0.25, 0.3) is 0 Å². The molecule has 1 N–H and O–H groups in total.